The molecule has 0 saturated carbocycles. The lowest BCUT2D eigenvalue weighted by molar-refractivity contribution is -0.115. The number of aryl methyl sites for hydroxylation is 2. The smallest absolute Gasteiger partial charge is 0.242 e. The molecule has 1 heterocycles. The van der Waals surface area contributed by atoms with Crippen molar-refractivity contribution < 1.29 is 9.53 Å². The van der Waals surface area contributed by atoms with Crippen molar-refractivity contribution in [3.05, 3.63) is 95.8 Å². The van der Waals surface area contributed by atoms with Gasteiger partial charge in [0.1, 0.15) is 16.8 Å². The Morgan fingerprint density at radius 3 is 2.50 bits per heavy atom. The molecule has 0 aliphatic heterocycles. The number of rotatable bonds is 7. The third kappa shape index (κ3) is 4.84. The van der Waals surface area contributed by atoms with Crippen LogP contribution in [-0.2, 0) is 4.79 Å². The Bertz CT molecular complexity index is 1220. The fourth-order valence-corrected chi connectivity index (χ4v) is 4.50. The van der Waals surface area contributed by atoms with Crippen molar-refractivity contribution in [1.29, 1.82) is 0 Å². The molecule has 1 aromatic heterocycles. The SMILES string of the molecule is COc1cccc(NC(=O)C(Sc2nnc(C)n2-c2cccc(C)c2)c2ccccc2)c1. The van der Waals surface area contributed by atoms with E-state index < -0.39 is 5.25 Å². The van der Waals surface area contributed by atoms with Crippen LogP contribution in [0.5, 0.6) is 5.75 Å². The average Bonchev–Trinajstić information content (AvgIpc) is 3.18. The van der Waals surface area contributed by atoms with E-state index in [2.05, 4.69) is 21.6 Å². The first-order valence-corrected chi connectivity index (χ1v) is 11.1. The quantitative estimate of drug-likeness (QED) is 0.388. The molecular formula is C25H24N4O2S. The highest BCUT2D eigenvalue weighted by atomic mass is 32.2. The Balaban J connectivity index is 1.68. The lowest BCUT2D eigenvalue weighted by Crippen LogP contribution is -2.19. The molecule has 4 aromatic rings. The number of hydrogen-bond acceptors (Lipinski definition) is 5. The van der Waals surface area contributed by atoms with Crippen LogP contribution in [0.1, 0.15) is 22.2 Å². The molecule has 1 atom stereocenters. The van der Waals surface area contributed by atoms with Crippen LogP contribution in [0.2, 0.25) is 0 Å². The van der Waals surface area contributed by atoms with Crippen LogP contribution in [-0.4, -0.2) is 27.8 Å². The number of anilines is 1. The Kier molecular flexibility index (Phi) is 6.56. The van der Waals surface area contributed by atoms with E-state index in [1.807, 2.05) is 85.1 Å². The van der Waals surface area contributed by atoms with E-state index in [1.165, 1.54) is 11.8 Å². The van der Waals surface area contributed by atoms with Gasteiger partial charge in [0.15, 0.2) is 5.16 Å². The minimum Gasteiger partial charge on any atom is -0.497 e. The molecule has 0 aliphatic carbocycles. The number of benzene rings is 3. The molecule has 0 radical (unpaired) electrons. The number of methoxy groups -OCH3 is 1. The van der Waals surface area contributed by atoms with Gasteiger partial charge in [0, 0.05) is 17.4 Å². The Morgan fingerprint density at radius 1 is 0.969 bits per heavy atom. The molecule has 1 N–H and O–H groups in total. The van der Waals surface area contributed by atoms with Gasteiger partial charge >= 0.3 is 0 Å². The predicted molar refractivity (Wildman–Crippen MR) is 127 cm³/mol. The van der Waals surface area contributed by atoms with Gasteiger partial charge in [-0.25, -0.2) is 0 Å². The molecule has 4 rings (SSSR count). The van der Waals surface area contributed by atoms with Crippen LogP contribution in [0.25, 0.3) is 5.69 Å². The summed E-state index contributed by atoms with van der Waals surface area (Å²) in [5.41, 5.74) is 3.67. The summed E-state index contributed by atoms with van der Waals surface area (Å²) in [7, 11) is 1.60. The van der Waals surface area contributed by atoms with Crippen LogP contribution in [0.4, 0.5) is 5.69 Å². The summed E-state index contributed by atoms with van der Waals surface area (Å²) in [5, 5.41) is 11.8. The van der Waals surface area contributed by atoms with Crippen LogP contribution in [0, 0.1) is 13.8 Å². The van der Waals surface area contributed by atoms with Gasteiger partial charge in [-0.3, -0.25) is 9.36 Å². The van der Waals surface area contributed by atoms with Gasteiger partial charge in [0.25, 0.3) is 0 Å². The average molecular weight is 445 g/mol. The molecule has 0 spiro atoms. The molecule has 3 aromatic carbocycles. The zero-order valence-electron chi connectivity index (χ0n) is 18.1. The standard InChI is InChI=1S/C25H24N4O2S/c1-17-9-7-13-21(15-17)29-18(2)27-28-25(29)32-23(19-10-5-4-6-11-19)24(30)26-20-12-8-14-22(16-20)31-3/h4-16,23H,1-3H3,(H,26,30). The second-order valence-corrected chi connectivity index (χ2v) is 8.41. The number of ether oxygens (including phenoxy) is 1. The van der Waals surface area contributed by atoms with Gasteiger partial charge in [0.2, 0.25) is 5.91 Å². The monoisotopic (exact) mass is 444 g/mol. The van der Waals surface area contributed by atoms with Crippen molar-refractivity contribution in [1.82, 2.24) is 14.8 Å². The van der Waals surface area contributed by atoms with E-state index in [0.29, 0.717) is 16.6 Å². The summed E-state index contributed by atoms with van der Waals surface area (Å²) in [6.45, 7) is 3.96. The second-order valence-electron chi connectivity index (χ2n) is 7.33. The third-order valence-electron chi connectivity index (χ3n) is 4.96. The van der Waals surface area contributed by atoms with Gasteiger partial charge in [-0.05, 0) is 49.2 Å². The number of carbonyl (C=O) groups is 1. The first-order valence-electron chi connectivity index (χ1n) is 10.2. The lowest BCUT2D eigenvalue weighted by Gasteiger charge is -2.18. The minimum atomic E-state index is -0.519. The van der Waals surface area contributed by atoms with Crippen molar-refractivity contribution in [3.8, 4) is 11.4 Å². The molecular weight excluding hydrogens is 420 g/mol. The topological polar surface area (TPSA) is 69.0 Å². The third-order valence-corrected chi connectivity index (χ3v) is 6.15. The number of aromatic nitrogens is 3. The molecule has 6 nitrogen and oxygen atoms in total. The van der Waals surface area contributed by atoms with Gasteiger partial charge in [-0.15, -0.1) is 10.2 Å². The Labute approximate surface area is 191 Å². The fraction of sp³-hybridized carbons (Fsp3) is 0.160. The predicted octanol–water partition coefficient (Wildman–Crippen LogP) is 5.36. The first kappa shape index (κ1) is 21.6. The molecule has 0 aliphatic rings. The van der Waals surface area contributed by atoms with Crippen LogP contribution in [0.15, 0.2) is 84.0 Å². The van der Waals surface area contributed by atoms with Crippen molar-refractivity contribution in [3.63, 3.8) is 0 Å². The van der Waals surface area contributed by atoms with E-state index in [1.54, 1.807) is 13.2 Å². The largest absolute Gasteiger partial charge is 0.497 e. The van der Waals surface area contributed by atoms with E-state index in [0.717, 1.165) is 22.6 Å². The van der Waals surface area contributed by atoms with E-state index >= 15 is 0 Å². The summed E-state index contributed by atoms with van der Waals surface area (Å²) in [4.78, 5) is 13.4. The lowest BCUT2D eigenvalue weighted by atomic mass is 10.1. The van der Waals surface area contributed by atoms with Crippen LogP contribution >= 0.6 is 11.8 Å². The van der Waals surface area contributed by atoms with Gasteiger partial charge in [-0.2, -0.15) is 0 Å². The zero-order chi connectivity index (χ0) is 22.5. The number of hydrogen-bond donors (Lipinski definition) is 1. The van der Waals surface area contributed by atoms with Crippen molar-refractivity contribution >= 4 is 23.4 Å². The first-order chi connectivity index (χ1) is 15.5. The molecule has 0 bridgehead atoms. The van der Waals surface area contributed by atoms with E-state index in [9.17, 15) is 4.79 Å². The second kappa shape index (κ2) is 9.70. The van der Waals surface area contributed by atoms with Crippen LogP contribution < -0.4 is 10.1 Å². The summed E-state index contributed by atoms with van der Waals surface area (Å²) < 4.78 is 7.25. The van der Waals surface area contributed by atoms with Crippen molar-refractivity contribution in [2.45, 2.75) is 24.3 Å². The van der Waals surface area contributed by atoms with E-state index in [-0.39, 0.29) is 5.91 Å². The van der Waals surface area contributed by atoms with Crippen LogP contribution in [0.3, 0.4) is 0 Å². The zero-order valence-corrected chi connectivity index (χ0v) is 19.0. The summed E-state index contributed by atoms with van der Waals surface area (Å²) >= 11 is 1.37. The van der Waals surface area contributed by atoms with E-state index in [4.69, 9.17) is 4.74 Å². The van der Waals surface area contributed by atoms with Gasteiger partial charge in [0.05, 0.1) is 7.11 Å². The normalized spacial score (nSPS) is 11.7. The maximum absolute atomic E-state index is 13.4. The number of carbonyl (C=O) groups excluding carboxylic acids is 1. The van der Waals surface area contributed by atoms with Gasteiger partial charge < -0.3 is 10.1 Å². The molecule has 1 amide bonds. The highest BCUT2D eigenvalue weighted by Crippen LogP contribution is 2.37. The highest BCUT2D eigenvalue weighted by molar-refractivity contribution is 8.00. The summed E-state index contributed by atoms with van der Waals surface area (Å²) in [5.74, 6) is 1.30. The number of thioether (sulfide) groups is 1. The van der Waals surface area contributed by atoms with Crippen molar-refractivity contribution in [2.75, 3.05) is 12.4 Å². The number of nitrogens with zero attached hydrogens (tertiary/aromatic N) is 3. The Morgan fingerprint density at radius 2 is 1.75 bits per heavy atom. The number of amides is 1. The van der Waals surface area contributed by atoms with Gasteiger partial charge in [-0.1, -0.05) is 60.3 Å². The highest BCUT2D eigenvalue weighted by Gasteiger charge is 2.26. The molecule has 162 valence electrons. The molecule has 32 heavy (non-hydrogen) atoms. The minimum absolute atomic E-state index is 0.147. The molecule has 0 saturated heterocycles. The number of nitrogens with one attached hydrogen (secondary N) is 1. The van der Waals surface area contributed by atoms with Crippen molar-refractivity contribution in [2.24, 2.45) is 0 Å². The Hall–Kier alpha value is -3.58. The maximum Gasteiger partial charge on any atom is 0.242 e. The summed E-state index contributed by atoms with van der Waals surface area (Å²) in [6.07, 6.45) is 0. The molecule has 7 heteroatoms. The summed E-state index contributed by atoms with van der Waals surface area (Å²) in [6, 6.07) is 25.1. The maximum atomic E-state index is 13.4. The molecule has 1 unspecified atom stereocenters. The molecule has 0 fully saturated rings. The fourth-order valence-electron chi connectivity index (χ4n) is 3.40.